The number of anilines is 2. The Morgan fingerprint density at radius 2 is 1.86 bits per heavy atom. The van der Waals surface area contributed by atoms with E-state index in [9.17, 15) is 0 Å². The SMILES string of the molecule is c1ccc(C2(c3nnc(Nc4cccnc4)o3)CC2)cc1. The summed E-state index contributed by atoms with van der Waals surface area (Å²) < 4.78 is 5.81. The van der Waals surface area contributed by atoms with Crippen LogP contribution in [0.2, 0.25) is 0 Å². The van der Waals surface area contributed by atoms with E-state index >= 15 is 0 Å². The molecule has 1 N–H and O–H groups in total. The maximum atomic E-state index is 5.81. The summed E-state index contributed by atoms with van der Waals surface area (Å²) >= 11 is 0. The second-order valence-electron chi connectivity index (χ2n) is 5.23. The highest BCUT2D eigenvalue weighted by atomic mass is 16.4. The molecule has 0 atom stereocenters. The first kappa shape index (κ1) is 12.1. The summed E-state index contributed by atoms with van der Waals surface area (Å²) in [6.45, 7) is 0. The van der Waals surface area contributed by atoms with Crippen LogP contribution < -0.4 is 5.32 Å². The number of pyridine rings is 1. The van der Waals surface area contributed by atoms with Crippen LogP contribution in [0.15, 0.2) is 59.3 Å². The molecule has 1 aliphatic carbocycles. The minimum Gasteiger partial charge on any atom is -0.407 e. The summed E-state index contributed by atoms with van der Waals surface area (Å²) in [5.74, 6) is 0.681. The third-order valence-electron chi connectivity index (χ3n) is 3.82. The fraction of sp³-hybridized carbons (Fsp3) is 0.188. The molecule has 0 saturated heterocycles. The van der Waals surface area contributed by atoms with Gasteiger partial charge in [0.2, 0.25) is 5.89 Å². The highest BCUT2D eigenvalue weighted by Gasteiger charge is 2.50. The predicted octanol–water partition coefficient (Wildman–Crippen LogP) is 3.29. The lowest BCUT2D eigenvalue weighted by atomic mass is 9.96. The van der Waals surface area contributed by atoms with Crippen LogP contribution in [0.4, 0.5) is 11.7 Å². The van der Waals surface area contributed by atoms with Crippen molar-refractivity contribution in [3.8, 4) is 0 Å². The van der Waals surface area contributed by atoms with Crippen molar-refractivity contribution < 1.29 is 4.42 Å². The molecule has 5 heteroatoms. The molecule has 2 heterocycles. The lowest BCUT2D eigenvalue weighted by molar-refractivity contribution is 0.474. The highest BCUT2D eigenvalue weighted by Crippen LogP contribution is 2.53. The Hall–Kier alpha value is -2.69. The number of nitrogens with zero attached hydrogens (tertiary/aromatic N) is 3. The van der Waals surface area contributed by atoms with Crippen molar-refractivity contribution in [1.29, 1.82) is 0 Å². The Morgan fingerprint density at radius 3 is 2.57 bits per heavy atom. The van der Waals surface area contributed by atoms with Gasteiger partial charge in [0.1, 0.15) is 0 Å². The maximum absolute atomic E-state index is 5.81. The molecule has 21 heavy (non-hydrogen) atoms. The van der Waals surface area contributed by atoms with E-state index in [1.165, 1.54) is 5.56 Å². The van der Waals surface area contributed by atoms with E-state index in [0.29, 0.717) is 11.9 Å². The fourth-order valence-electron chi connectivity index (χ4n) is 2.54. The summed E-state index contributed by atoms with van der Waals surface area (Å²) in [6, 6.07) is 14.5. The van der Waals surface area contributed by atoms with E-state index in [4.69, 9.17) is 4.42 Å². The Morgan fingerprint density at radius 1 is 1.00 bits per heavy atom. The maximum Gasteiger partial charge on any atom is 0.320 e. The predicted molar refractivity (Wildman–Crippen MR) is 78.3 cm³/mol. The van der Waals surface area contributed by atoms with Gasteiger partial charge in [-0.2, -0.15) is 0 Å². The van der Waals surface area contributed by atoms with E-state index < -0.39 is 0 Å². The third-order valence-corrected chi connectivity index (χ3v) is 3.82. The van der Waals surface area contributed by atoms with Crippen molar-refractivity contribution in [2.24, 2.45) is 0 Å². The summed E-state index contributed by atoms with van der Waals surface area (Å²) in [7, 11) is 0. The Bertz CT molecular complexity index is 735. The van der Waals surface area contributed by atoms with Crippen LogP contribution in [0.3, 0.4) is 0 Å². The van der Waals surface area contributed by atoms with Crippen LogP contribution in [-0.2, 0) is 5.41 Å². The van der Waals surface area contributed by atoms with Gasteiger partial charge in [0.25, 0.3) is 0 Å². The van der Waals surface area contributed by atoms with Crippen molar-refractivity contribution in [3.63, 3.8) is 0 Å². The Balaban J connectivity index is 1.60. The van der Waals surface area contributed by atoms with Crippen molar-refractivity contribution in [1.82, 2.24) is 15.2 Å². The van der Waals surface area contributed by atoms with Crippen LogP contribution in [0, 0.1) is 0 Å². The molecule has 0 aliphatic heterocycles. The first-order chi connectivity index (χ1) is 10.4. The number of aromatic nitrogens is 3. The quantitative estimate of drug-likeness (QED) is 0.793. The van der Waals surface area contributed by atoms with Gasteiger partial charge in [0.05, 0.1) is 17.3 Å². The number of rotatable bonds is 4. The van der Waals surface area contributed by atoms with Crippen molar-refractivity contribution in [3.05, 3.63) is 66.3 Å². The summed E-state index contributed by atoms with van der Waals surface area (Å²) in [5, 5.41) is 11.4. The second-order valence-corrected chi connectivity index (χ2v) is 5.23. The van der Waals surface area contributed by atoms with Crippen LogP contribution in [0.25, 0.3) is 0 Å². The van der Waals surface area contributed by atoms with E-state index in [0.717, 1.165) is 18.5 Å². The minimum atomic E-state index is -0.0941. The molecule has 3 aromatic rings. The van der Waals surface area contributed by atoms with Gasteiger partial charge in [-0.05, 0) is 30.5 Å². The molecule has 4 rings (SSSR count). The van der Waals surface area contributed by atoms with Gasteiger partial charge in [-0.3, -0.25) is 4.98 Å². The lowest BCUT2D eigenvalue weighted by Crippen LogP contribution is -2.08. The van der Waals surface area contributed by atoms with Crippen LogP contribution in [0.1, 0.15) is 24.3 Å². The van der Waals surface area contributed by atoms with Crippen molar-refractivity contribution >= 4 is 11.7 Å². The third kappa shape index (κ3) is 2.16. The Kier molecular flexibility index (Phi) is 2.70. The van der Waals surface area contributed by atoms with E-state index in [1.54, 1.807) is 12.4 Å². The molecule has 0 bridgehead atoms. The zero-order valence-corrected chi connectivity index (χ0v) is 11.4. The molecule has 0 unspecified atom stereocenters. The summed E-state index contributed by atoms with van der Waals surface area (Å²) in [5.41, 5.74) is 1.97. The van der Waals surface area contributed by atoms with Crippen LogP contribution in [0.5, 0.6) is 0 Å². The fourth-order valence-corrected chi connectivity index (χ4v) is 2.54. The number of hydrogen-bond donors (Lipinski definition) is 1. The molecule has 0 radical (unpaired) electrons. The molecule has 104 valence electrons. The van der Waals surface area contributed by atoms with E-state index in [-0.39, 0.29) is 5.41 Å². The van der Waals surface area contributed by atoms with Crippen molar-refractivity contribution in [2.75, 3.05) is 5.32 Å². The second kappa shape index (κ2) is 4.70. The normalized spacial score (nSPS) is 15.6. The number of hydrogen-bond acceptors (Lipinski definition) is 5. The van der Waals surface area contributed by atoms with Gasteiger partial charge in [0.15, 0.2) is 0 Å². The summed E-state index contributed by atoms with van der Waals surface area (Å²) in [4.78, 5) is 4.04. The van der Waals surface area contributed by atoms with Gasteiger partial charge >= 0.3 is 6.01 Å². The number of nitrogens with one attached hydrogen (secondary N) is 1. The topological polar surface area (TPSA) is 63.8 Å². The van der Waals surface area contributed by atoms with Gasteiger partial charge < -0.3 is 9.73 Å². The highest BCUT2D eigenvalue weighted by molar-refractivity contribution is 5.49. The van der Waals surface area contributed by atoms with Crippen LogP contribution >= 0.6 is 0 Å². The van der Waals surface area contributed by atoms with E-state index in [1.807, 2.05) is 30.3 Å². The molecule has 1 fully saturated rings. The minimum absolute atomic E-state index is 0.0941. The molecule has 0 spiro atoms. The Labute approximate surface area is 122 Å². The first-order valence-electron chi connectivity index (χ1n) is 6.93. The molecule has 1 saturated carbocycles. The van der Waals surface area contributed by atoms with Crippen molar-refractivity contribution in [2.45, 2.75) is 18.3 Å². The van der Waals surface area contributed by atoms with E-state index in [2.05, 4.69) is 32.6 Å². The number of benzene rings is 1. The van der Waals surface area contributed by atoms with Crippen LogP contribution in [-0.4, -0.2) is 15.2 Å². The van der Waals surface area contributed by atoms with Gasteiger partial charge in [-0.25, -0.2) is 0 Å². The standard InChI is InChI=1S/C16H14N4O/c1-2-5-12(6-3-1)16(8-9-16)14-19-20-15(21-14)18-13-7-4-10-17-11-13/h1-7,10-11H,8-9H2,(H,18,20). The zero-order valence-electron chi connectivity index (χ0n) is 11.4. The largest absolute Gasteiger partial charge is 0.407 e. The zero-order chi connectivity index (χ0) is 14.1. The molecule has 1 aliphatic rings. The average Bonchev–Trinajstić information content (AvgIpc) is 3.23. The van der Waals surface area contributed by atoms with Gasteiger partial charge in [-0.1, -0.05) is 35.4 Å². The van der Waals surface area contributed by atoms with Gasteiger partial charge in [0, 0.05) is 6.20 Å². The first-order valence-corrected chi connectivity index (χ1v) is 6.93. The lowest BCUT2D eigenvalue weighted by Gasteiger charge is -2.10. The molecule has 0 amide bonds. The molecule has 5 nitrogen and oxygen atoms in total. The summed E-state index contributed by atoms with van der Waals surface area (Å²) in [6.07, 6.45) is 5.53. The monoisotopic (exact) mass is 278 g/mol. The molecule has 2 aromatic heterocycles. The molecule has 1 aromatic carbocycles. The smallest absolute Gasteiger partial charge is 0.320 e. The molecular formula is C16H14N4O. The molecular weight excluding hydrogens is 264 g/mol. The average molecular weight is 278 g/mol. The van der Waals surface area contributed by atoms with Gasteiger partial charge in [-0.15, -0.1) is 5.10 Å².